The number of ether oxygens (including phenoxy) is 1. The lowest BCUT2D eigenvalue weighted by Crippen LogP contribution is -1.97. The predicted octanol–water partition coefficient (Wildman–Crippen LogP) is 3.62. The Morgan fingerprint density at radius 2 is 1.65 bits per heavy atom. The van der Waals surface area contributed by atoms with Crippen molar-refractivity contribution in [3.63, 3.8) is 0 Å². The molecular formula is C16H15N3O. The Morgan fingerprint density at radius 3 is 2.45 bits per heavy atom. The zero-order valence-electron chi connectivity index (χ0n) is 11.4. The van der Waals surface area contributed by atoms with E-state index in [1.165, 1.54) is 0 Å². The van der Waals surface area contributed by atoms with E-state index in [-0.39, 0.29) is 0 Å². The van der Waals surface area contributed by atoms with Crippen LogP contribution in [0.3, 0.4) is 0 Å². The molecule has 0 spiro atoms. The van der Waals surface area contributed by atoms with Crippen LogP contribution < -0.4 is 10.5 Å². The van der Waals surface area contributed by atoms with Gasteiger partial charge in [0.15, 0.2) is 0 Å². The second-order valence-corrected chi connectivity index (χ2v) is 4.71. The fourth-order valence-electron chi connectivity index (χ4n) is 2.13. The summed E-state index contributed by atoms with van der Waals surface area (Å²) in [5.74, 6) is 1.20. The molecule has 0 radical (unpaired) electrons. The molecule has 0 saturated carbocycles. The van der Waals surface area contributed by atoms with Gasteiger partial charge in [0, 0.05) is 22.0 Å². The smallest absolute Gasteiger partial charge is 0.246 e. The van der Waals surface area contributed by atoms with Crippen molar-refractivity contribution in [2.75, 3.05) is 5.73 Å². The van der Waals surface area contributed by atoms with E-state index in [0.29, 0.717) is 17.3 Å². The van der Waals surface area contributed by atoms with Crippen molar-refractivity contribution in [3.05, 3.63) is 53.7 Å². The van der Waals surface area contributed by atoms with Gasteiger partial charge in [-0.05, 0) is 32.0 Å². The molecule has 2 aromatic carbocycles. The maximum Gasteiger partial charge on any atom is 0.246 e. The molecule has 0 bridgehead atoms. The molecular weight excluding hydrogens is 250 g/mol. The maximum atomic E-state index is 5.90. The van der Waals surface area contributed by atoms with Crippen LogP contribution >= 0.6 is 0 Å². The van der Waals surface area contributed by atoms with Crippen LogP contribution in [0.4, 0.5) is 5.69 Å². The number of fused-ring (bicyclic) bond motifs is 1. The van der Waals surface area contributed by atoms with Crippen LogP contribution in [0.5, 0.6) is 11.6 Å². The topological polar surface area (TPSA) is 61.0 Å². The van der Waals surface area contributed by atoms with Crippen molar-refractivity contribution >= 4 is 16.5 Å². The molecule has 20 heavy (non-hydrogen) atoms. The first-order valence-corrected chi connectivity index (χ1v) is 6.42. The lowest BCUT2D eigenvalue weighted by molar-refractivity contribution is 0.458. The number of hydrogen-bond acceptors (Lipinski definition) is 4. The molecule has 0 aliphatic rings. The van der Waals surface area contributed by atoms with Crippen LogP contribution in [-0.4, -0.2) is 10.2 Å². The highest BCUT2D eigenvalue weighted by atomic mass is 16.5. The molecule has 1 aromatic heterocycles. The van der Waals surface area contributed by atoms with E-state index < -0.39 is 0 Å². The van der Waals surface area contributed by atoms with Gasteiger partial charge in [-0.3, -0.25) is 0 Å². The lowest BCUT2D eigenvalue weighted by atomic mass is 10.1. The first-order chi connectivity index (χ1) is 9.66. The van der Waals surface area contributed by atoms with Gasteiger partial charge in [0.25, 0.3) is 0 Å². The van der Waals surface area contributed by atoms with Gasteiger partial charge >= 0.3 is 0 Å². The Labute approximate surface area is 117 Å². The minimum Gasteiger partial charge on any atom is -0.437 e. The van der Waals surface area contributed by atoms with Crippen molar-refractivity contribution in [3.8, 4) is 11.6 Å². The molecule has 0 fully saturated rings. The first kappa shape index (κ1) is 12.4. The van der Waals surface area contributed by atoms with Crippen LogP contribution in [0.25, 0.3) is 10.8 Å². The third-order valence-corrected chi connectivity index (χ3v) is 3.37. The summed E-state index contributed by atoms with van der Waals surface area (Å²) in [6.45, 7) is 3.86. The summed E-state index contributed by atoms with van der Waals surface area (Å²) in [6, 6.07) is 13.5. The van der Waals surface area contributed by atoms with Crippen molar-refractivity contribution in [1.82, 2.24) is 10.2 Å². The Balaban J connectivity index is 2.12. The number of aromatic nitrogens is 2. The van der Waals surface area contributed by atoms with Gasteiger partial charge in [-0.25, -0.2) is 0 Å². The van der Waals surface area contributed by atoms with Gasteiger partial charge < -0.3 is 10.5 Å². The molecule has 3 rings (SSSR count). The van der Waals surface area contributed by atoms with Crippen molar-refractivity contribution in [1.29, 1.82) is 0 Å². The monoisotopic (exact) mass is 265 g/mol. The standard InChI is InChI=1S/C16H15N3O/c1-10-14(17)8-5-9-15(10)20-16-13-7-4-3-6-12(13)11(2)18-19-16/h3-9H,17H2,1-2H3. The summed E-state index contributed by atoms with van der Waals surface area (Å²) in [6.07, 6.45) is 0. The molecule has 100 valence electrons. The fraction of sp³-hybridized carbons (Fsp3) is 0.125. The molecule has 4 heteroatoms. The van der Waals surface area contributed by atoms with E-state index >= 15 is 0 Å². The summed E-state index contributed by atoms with van der Waals surface area (Å²) in [5, 5.41) is 10.3. The Morgan fingerprint density at radius 1 is 0.900 bits per heavy atom. The third-order valence-electron chi connectivity index (χ3n) is 3.37. The van der Waals surface area contributed by atoms with E-state index in [1.807, 2.05) is 56.3 Å². The van der Waals surface area contributed by atoms with E-state index in [2.05, 4.69) is 10.2 Å². The molecule has 3 aromatic rings. The largest absolute Gasteiger partial charge is 0.437 e. The van der Waals surface area contributed by atoms with E-state index in [9.17, 15) is 0 Å². The maximum absolute atomic E-state index is 5.90. The van der Waals surface area contributed by atoms with Gasteiger partial charge in [0.05, 0.1) is 5.69 Å². The second kappa shape index (κ2) is 4.81. The summed E-state index contributed by atoms with van der Waals surface area (Å²) in [4.78, 5) is 0. The van der Waals surface area contributed by atoms with Gasteiger partial charge in [-0.15, -0.1) is 5.10 Å². The Bertz CT molecular complexity index is 784. The molecule has 0 aliphatic carbocycles. The van der Waals surface area contributed by atoms with E-state index in [4.69, 9.17) is 10.5 Å². The summed E-state index contributed by atoms with van der Waals surface area (Å²) in [5.41, 5.74) is 8.38. The quantitative estimate of drug-likeness (QED) is 0.719. The number of benzene rings is 2. The molecule has 2 N–H and O–H groups in total. The molecule has 4 nitrogen and oxygen atoms in total. The number of nitrogens with two attached hydrogens (primary N) is 1. The molecule has 0 saturated heterocycles. The van der Waals surface area contributed by atoms with Crippen molar-refractivity contribution in [2.45, 2.75) is 13.8 Å². The SMILES string of the molecule is Cc1c(N)cccc1Oc1nnc(C)c2ccccc12. The van der Waals surface area contributed by atoms with Gasteiger partial charge in [0.1, 0.15) is 5.75 Å². The summed E-state index contributed by atoms with van der Waals surface area (Å²) < 4.78 is 5.90. The molecule has 0 atom stereocenters. The van der Waals surface area contributed by atoms with Crippen LogP contribution in [0.1, 0.15) is 11.3 Å². The van der Waals surface area contributed by atoms with E-state index in [0.717, 1.165) is 22.0 Å². The first-order valence-electron chi connectivity index (χ1n) is 6.42. The van der Waals surface area contributed by atoms with Crippen LogP contribution in [0.2, 0.25) is 0 Å². The number of rotatable bonds is 2. The van der Waals surface area contributed by atoms with Gasteiger partial charge in [-0.1, -0.05) is 24.3 Å². The average molecular weight is 265 g/mol. The van der Waals surface area contributed by atoms with Crippen LogP contribution in [0, 0.1) is 13.8 Å². The number of aryl methyl sites for hydroxylation is 1. The predicted molar refractivity (Wildman–Crippen MR) is 79.9 cm³/mol. The average Bonchev–Trinajstić information content (AvgIpc) is 2.47. The number of anilines is 1. The lowest BCUT2D eigenvalue weighted by Gasteiger charge is -2.11. The zero-order chi connectivity index (χ0) is 14.1. The van der Waals surface area contributed by atoms with Gasteiger partial charge in [0.2, 0.25) is 5.88 Å². The summed E-state index contributed by atoms with van der Waals surface area (Å²) >= 11 is 0. The Kier molecular flexibility index (Phi) is 2.99. The number of hydrogen-bond donors (Lipinski definition) is 1. The van der Waals surface area contributed by atoms with E-state index in [1.54, 1.807) is 0 Å². The van der Waals surface area contributed by atoms with Crippen LogP contribution in [0.15, 0.2) is 42.5 Å². The minimum atomic E-state index is 0.500. The number of nitrogen functional groups attached to an aromatic ring is 1. The third kappa shape index (κ3) is 2.05. The number of nitrogens with zero attached hydrogens (tertiary/aromatic N) is 2. The molecule has 0 amide bonds. The fourth-order valence-corrected chi connectivity index (χ4v) is 2.13. The molecule has 1 heterocycles. The minimum absolute atomic E-state index is 0.500. The van der Waals surface area contributed by atoms with Crippen LogP contribution in [-0.2, 0) is 0 Å². The highest BCUT2D eigenvalue weighted by Gasteiger charge is 2.10. The van der Waals surface area contributed by atoms with Gasteiger partial charge in [-0.2, -0.15) is 5.10 Å². The summed E-state index contributed by atoms with van der Waals surface area (Å²) in [7, 11) is 0. The Hall–Kier alpha value is -2.62. The van der Waals surface area contributed by atoms with Crippen molar-refractivity contribution in [2.24, 2.45) is 0 Å². The molecule has 0 aliphatic heterocycles. The highest BCUT2D eigenvalue weighted by Crippen LogP contribution is 2.31. The highest BCUT2D eigenvalue weighted by molar-refractivity contribution is 5.88. The zero-order valence-corrected chi connectivity index (χ0v) is 11.4. The normalized spacial score (nSPS) is 10.7. The molecule has 0 unspecified atom stereocenters. The second-order valence-electron chi connectivity index (χ2n) is 4.71. The van der Waals surface area contributed by atoms with Crippen molar-refractivity contribution < 1.29 is 4.74 Å².